The minimum Gasteiger partial charge on any atom is -0.493 e. The van der Waals surface area contributed by atoms with Gasteiger partial charge in [0.25, 0.3) is 0 Å². The number of rotatable bonds is 8. The predicted molar refractivity (Wildman–Crippen MR) is 110 cm³/mol. The van der Waals surface area contributed by atoms with Crippen molar-refractivity contribution in [3.63, 3.8) is 0 Å². The largest absolute Gasteiger partial charge is 0.493 e. The van der Waals surface area contributed by atoms with Gasteiger partial charge in [-0.2, -0.15) is 0 Å². The summed E-state index contributed by atoms with van der Waals surface area (Å²) in [6.07, 6.45) is 0. The van der Waals surface area contributed by atoms with Gasteiger partial charge in [0.15, 0.2) is 11.5 Å². The highest BCUT2D eigenvalue weighted by molar-refractivity contribution is 5.79. The molecule has 0 amide bonds. The quantitative estimate of drug-likeness (QED) is 0.654. The molecule has 4 nitrogen and oxygen atoms in total. The molecule has 0 heterocycles. The summed E-state index contributed by atoms with van der Waals surface area (Å²) in [6, 6.07) is 14.8. The summed E-state index contributed by atoms with van der Waals surface area (Å²) in [5.41, 5.74) is 4.55. The maximum atomic E-state index is 6.12. The highest BCUT2D eigenvalue weighted by atomic mass is 16.5. The summed E-state index contributed by atoms with van der Waals surface area (Å²) < 4.78 is 18.1. The lowest BCUT2D eigenvalue weighted by Gasteiger charge is -2.19. The van der Waals surface area contributed by atoms with E-state index in [2.05, 4.69) is 35.2 Å². The van der Waals surface area contributed by atoms with Crippen molar-refractivity contribution in [3.05, 3.63) is 64.9 Å². The van der Waals surface area contributed by atoms with Crippen molar-refractivity contribution >= 4 is 11.4 Å². The molecule has 27 heavy (non-hydrogen) atoms. The second-order valence-electron chi connectivity index (χ2n) is 6.63. The predicted octanol–water partition coefficient (Wildman–Crippen LogP) is 5.04. The smallest absolute Gasteiger partial charge is 0.169 e. The number of nitrogens with zero attached hydrogens (tertiary/aromatic N) is 1. The second kappa shape index (κ2) is 8.38. The van der Waals surface area contributed by atoms with Gasteiger partial charge in [-0.15, -0.1) is 0 Å². The van der Waals surface area contributed by atoms with E-state index in [4.69, 9.17) is 14.2 Å². The number of hydrogen-bond donors (Lipinski definition) is 0. The molecule has 0 N–H and O–H groups in total. The van der Waals surface area contributed by atoms with Crippen LogP contribution in [0.25, 0.3) is 5.76 Å². The minimum atomic E-state index is 0.0121. The highest BCUT2D eigenvalue weighted by Crippen LogP contribution is 2.49. The zero-order chi connectivity index (χ0) is 19.4. The van der Waals surface area contributed by atoms with E-state index in [-0.39, 0.29) is 5.92 Å². The summed E-state index contributed by atoms with van der Waals surface area (Å²) in [7, 11) is 4.10. The number of hydrogen-bond acceptors (Lipinski definition) is 4. The van der Waals surface area contributed by atoms with Crippen LogP contribution < -0.4 is 9.64 Å². The van der Waals surface area contributed by atoms with Gasteiger partial charge in [-0.05, 0) is 50.1 Å². The Morgan fingerprint density at radius 2 is 1.48 bits per heavy atom. The molecule has 0 radical (unpaired) electrons. The van der Waals surface area contributed by atoms with Crippen molar-refractivity contribution in [1.82, 2.24) is 0 Å². The molecule has 0 spiro atoms. The molecule has 144 valence electrons. The molecule has 1 atom stereocenters. The van der Waals surface area contributed by atoms with Crippen LogP contribution in [0.15, 0.2) is 48.2 Å². The van der Waals surface area contributed by atoms with E-state index >= 15 is 0 Å². The Morgan fingerprint density at radius 3 is 2.07 bits per heavy atom. The Kier molecular flexibility index (Phi) is 5.94. The molecule has 4 heteroatoms. The van der Waals surface area contributed by atoms with Gasteiger partial charge in [-0.3, -0.25) is 0 Å². The Hall–Kier alpha value is -2.62. The van der Waals surface area contributed by atoms with Crippen molar-refractivity contribution in [2.24, 2.45) is 0 Å². The third-order valence-corrected chi connectivity index (χ3v) is 4.71. The summed E-state index contributed by atoms with van der Waals surface area (Å²) in [5.74, 6) is 2.54. The van der Waals surface area contributed by atoms with Crippen molar-refractivity contribution in [2.45, 2.75) is 26.7 Å². The normalized spacial score (nSPS) is 15.5. The molecule has 0 aliphatic heterocycles. The monoisotopic (exact) mass is 367 g/mol. The maximum absolute atomic E-state index is 6.12. The lowest BCUT2D eigenvalue weighted by Crippen LogP contribution is -2.09. The summed E-state index contributed by atoms with van der Waals surface area (Å²) in [6.45, 7) is 7.80. The average molecular weight is 367 g/mol. The van der Waals surface area contributed by atoms with Crippen LogP contribution >= 0.6 is 0 Å². The molecule has 2 aromatic carbocycles. The number of allylic oxidation sites excluding steroid dienone is 1. The molecule has 0 aromatic heterocycles. The van der Waals surface area contributed by atoms with E-state index in [9.17, 15) is 0 Å². The zero-order valence-corrected chi connectivity index (χ0v) is 16.9. The van der Waals surface area contributed by atoms with Gasteiger partial charge in [0.05, 0.1) is 31.3 Å². The molecule has 0 saturated heterocycles. The third-order valence-electron chi connectivity index (χ3n) is 4.71. The fourth-order valence-electron chi connectivity index (χ4n) is 3.59. The van der Waals surface area contributed by atoms with E-state index in [1.54, 1.807) is 0 Å². The minimum absolute atomic E-state index is 0.0121. The Labute approximate surface area is 162 Å². The molecular weight excluding hydrogens is 338 g/mol. The Bertz CT molecular complexity index is 809. The first-order chi connectivity index (χ1) is 13.1. The van der Waals surface area contributed by atoms with Gasteiger partial charge in [0, 0.05) is 19.8 Å². The van der Waals surface area contributed by atoms with Gasteiger partial charge in [-0.25, -0.2) is 0 Å². The molecule has 0 bridgehead atoms. The van der Waals surface area contributed by atoms with Crippen molar-refractivity contribution in [1.29, 1.82) is 0 Å². The number of fused-ring (bicyclic) bond motifs is 1. The SMILES string of the molecule is CCOC1=C(OCC)C(c2ccc(N(C)C)cc2)c2cccc(OCC)c21. The van der Waals surface area contributed by atoms with E-state index in [1.165, 1.54) is 16.8 Å². The molecule has 1 unspecified atom stereocenters. The molecule has 0 saturated carbocycles. The number of ether oxygens (including phenoxy) is 3. The fraction of sp³-hybridized carbons (Fsp3) is 0.391. The average Bonchev–Trinajstić information content (AvgIpc) is 2.97. The highest BCUT2D eigenvalue weighted by Gasteiger charge is 2.37. The molecule has 3 rings (SSSR count). The molecule has 2 aromatic rings. The molecular formula is C23H29NO3. The second-order valence-corrected chi connectivity index (χ2v) is 6.63. The van der Waals surface area contributed by atoms with Crippen molar-refractivity contribution < 1.29 is 14.2 Å². The lowest BCUT2D eigenvalue weighted by molar-refractivity contribution is 0.198. The topological polar surface area (TPSA) is 30.9 Å². The summed E-state index contributed by atoms with van der Waals surface area (Å²) in [4.78, 5) is 2.10. The van der Waals surface area contributed by atoms with Gasteiger partial charge in [0.1, 0.15) is 5.75 Å². The standard InChI is InChI=1S/C23H29NO3/c1-6-25-19-11-9-10-18-20(16-12-14-17(15-13-16)24(4)5)22(26-7-2)23(21(18)19)27-8-3/h9-15,20H,6-8H2,1-5H3. The van der Waals surface area contributed by atoms with Gasteiger partial charge in [0.2, 0.25) is 0 Å². The van der Waals surface area contributed by atoms with Crippen LogP contribution in [0.4, 0.5) is 5.69 Å². The van der Waals surface area contributed by atoms with Crippen LogP contribution in [-0.4, -0.2) is 33.9 Å². The van der Waals surface area contributed by atoms with E-state index in [0.717, 1.165) is 22.8 Å². The van der Waals surface area contributed by atoms with E-state index < -0.39 is 0 Å². The maximum Gasteiger partial charge on any atom is 0.169 e. The first kappa shape index (κ1) is 19.2. The van der Waals surface area contributed by atoms with E-state index in [0.29, 0.717) is 19.8 Å². The lowest BCUT2D eigenvalue weighted by atomic mass is 9.91. The molecule has 1 aliphatic rings. The number of benzene rings is 2. The van der Waals surface area contributed by atoms with Crippen LogP contribution in [-0.2, 0) is 9.47 Å². The first-order valence-corrected chi connectivity index (χ1v) is 9.65. The number of anilines is 1. The van der Waals surface area contributed by atoms with Crippen LogP contribution in [0.3, 0.4) is 0 Å². The van der Waals surface area contributed by atoms with Crippen LogP contribution in [0, 0.1) is 0 Å². The van der Waals surface area contributed by atoms with Gasteiger partial charge >= 0.3 is 0 Å². The fourth-order valence-corrected chi connectivity index (χ4v) is 3.59. The molecule has 1 aliphatic carbocycles. The van der Waals surface area contributed by atoms with Crippen LogP contribution in [0.1, 0.15) is 43.4 Å². The van der Waals surface area contributed by atoms with Gasteiger partial charge in [-0.1, -0.05) is 24.3 Å². The summed E-state index contributed by atoms with van der Waals surface area (Å²) >= 11 is 0. The first-order valence-electron chi connectivity index (χ1n) is 9.65. The summed E-state index contributed by atoms with van der Waals surface area (Å²) in [5, 5.41) is 0. The third kappa shape index (κ3) is 3.61. The molecule has 0 fully saturated rings. The van der Waals surface area contributed by atoms with Crippen molar-refractivity contribution in [3.8, 4) is 5.75 Å². The van der Waals surface area contributed by atoms with Crippen LogP contribution in [0.5, 0.6) is 5.75 Å². The van der Waals surface area contributed by atoms with Crippen molar-refractivity contribution in [2.75, 3.05) is 38.8 Å². The zero-order valence-electron chi connectivity index (χ0n) is 16.9. The Morgan fingerprint density at radius 1 is 0.815 bits per heavy atom. The van der Waals surface area contributed by atoms with Crippen LogP contribution in [0.2, 0.25) is 0 Å². The Balaban J connectivity index is 2.16. The van der Waals surface area contributed by atoms with E-state index in [1.807, 2.05) is 47.0 Å². The van der Waals surface area contributed by atoms with Gasteiger partial charge < -0.3 is 19.1 Å².